The monoisotopic (exact) mass is 314 g/mol. The highest BCUT2D eigenvalue weighted by Crippen LogP contribution is 2.17. The highest BCUT2D eigenvalue weighted by molar-refractivity contribution is 5.78. The first-order valence-corrected chi connectivity index (χ1v) is 8.01. The van der Waals surface area contributed by atoms with E-state index in [2.05, 4.69) is 20.8 Å². The minimum absolute atomic E-state index is 0.211. The number of aromatic nitrogens is 4. The number of piperidine rings is 1. The van der Waals surface area contributed by atoms with Gasteiger partial charge in [-0.15, -0.1) is 5.10 Å². The second-order valence-electron chi connectivity index (χ2n) is 5.98. The van der Waals surface area contributed by atoms with Gasteiger partial charge in [0.1, 0.15) is 6.33 Å². The Morgan fingerprint density at radius 2 is 2.00 bits per heavy atom. The van der Waals surface area contributed by atoms with E-state index in [0.29, 0.717) is 12.3 Å². The summed E-state index contributed by atoms with van der Waals surface area (Å²) in [4.78, 5) is 14.4. The molecule has 3 rings (SSSR count). The van der Waals surface area contributed by atoms with Crippen molar-refractivity contribution >= 4 is 5.91 Å². The van der Waals surface area contributed by atoms with Crippen molar-refractivity contribution in [3.05, 3.63) is 36.2 Å². The summed E-state index contributed by atoms with van der Waals surface area (Å²) in [5, 5.41) is 14.3. The molecule has 7 heteroatoms. The van der Waals surface area contributed by atoms with E-state index >= 15 is 0 Å². The molecule has 1 saturated heterocycles. The van der Waals surface area contributed by atoms with E-state index in [1.54, 1.807) is 11.0 Å². The minimum atomic E-state index is 0.211. The average molecular weight is 314 g/mol. The average Bonchev–Trinajstić information content (AvgIpc) is 3.11. The van der Waals surface area contributed by atoms with Gasteiger partial charge in [-0.05, 0) is 60.5 Å². The fourth-order valence-electron chi connectivity index (χ4n) is 3.01. The lowest BCUT2D eigenvalue weighted by Gasteiger charge is -2.32. The number of amides is 1. The van der Waals surface area contributed by atoms with Gasteiger partial charge < -0.3 is 10.2 Å². The highest BCUT2D eigenvalue weighted by atomic mass is 16.2. The number of rotatable bonds is 5. The Bertz CT molecular complexity index is 617. The van der Waals surface area contributed by atoms with Crippen LogP contribution in [-0.2, 0) is 11.2 Å². The molecule has 0 spiro atoms. The van der Waals surface area contributed by atoms with Gasteiger partial charge in [0.05, 0.1) is 12.1 Å². The smallest absolute Gasteiger partial charge is 0.226 e. The van der Waals surface area contributed by atoms with Crippen molar-refractivity contribution in [2.75, 3.05) is 26.7 Å². The summed E-state index contributed by atoms with van der Waals surface area (Å²) in [5.41, 5.74) is 1.91. The molecule has 0 radical (unpaired) electrons. The Morgan fingerprint density at radius 1 is 1.26 bits per heavy atom. The van der Waals surface area contributed by atoms with Gasteiger partial charge in [0.15, 0.2) is 0 Å². The van der Waals surface area contributed by atoms with E-state index < -0.39 is 0 Å². The maximum Gasteiger partial charge on any atom is 0.226 e. The molecule has 0 atom stereocenters. The van der Waals surface area contributed by atoms with E-state index in [0.717, 1.165) is 43.7 Å². The molecular weight excluding hydrogens is 292 g/mol. The van der Waals surface area contributed by atoms with Gasteiger partial charge in [-0.2, -0.15) is 0 Å². The Morgan fingerprint density at radius 3 is 2.61 bits per heavy atom. The van der Waals surface area contributed by atoms with E-state index in [1.165, 1.54) is 0 Å². The van der Waals surface area contributed by atoms with E-state index in [9.17, 15) is 4.79 Å². The van der Waals surface area contributed by atoms with Crippen LogP contribution in [0.4, 0.5) is 0 Å². The van der Waals surface area contributed by atoms with Crippen LogP contribution in [0.1, 0.15) is 18.4 Å². The maximum atomic E-state index is 12.4. The summed E-state index contributed by atoms with van der Waals surface area (Å²) in [6.07, 6.45) is 4.18. The summed E-state index contributed by atoms with van der Waals surface area (Å²) in [6, 6.07) is 7.78. The predicted octanol–water partition coefficient (Wildman–Crippen LogP) is 0.663. The second kappa shape index (κ2) is 7.32. The maximum absolute atomic E-state index is 12.4. The Labute approximate surface area is 135 Å². The zero-order valence-corrected chi connectivity index (χ0v) is 13.4. The predicted molar refractivity (Wildman–Crippen MR) is 86.1 cm³/mol. The minimum Gasteiger partial charge on any atom is -0.342 e. The van der Waals surface area contributed by atoms with Crippen molar-refractivity contribution in [2.45, 2.75) is 19.3 Å². The van der Waals surface area contributed by atoms with Crippen LogP contribution in [0.25, 0.3) is 5.69 Å². The Hall–Kier alpha value is -2.28. The first kappa shape index (κ1) is 15.6. The van der Waals surface area contributed by atoms with Crippen LogP contribution >= 0.6 is 0 Å². The van der Waals surface area contributed by atoms with Crippen molar-refractivity contribution in [3.63, 3.8) is 0 Å². The molecule has 1 N–H and O–H groups in total. The number of tetrazole rings is 1. The van der Waals surface area contributed by atoms with Crippen LogP contribution < -0.4 is 5.32 Å². The van der Waals surface area contributed by atoms with E-state index in [1.807, 2.05) is 36.2 Å². The number of hydrogen-bond donors (Lipinski definition) is 1. The number of hydrogen-bond acceptors (Lipinski definition) is 5. The number of nitrogens with zero attached hydrogens (tertiary/aromatic N) is 5. The van der Waals surface area contributed by atoms with E-state index in [4.69, 9.17) is 0 Å². The molecule has 0 unspecified atom stereocenters. The summed E-state index contributed by atoms with van der Waals surface area (Å²) in [5.74, 6) is 0.905. The molecule has 122 valence electrons. The van der Waals surface area contributed by atoms with Gasteiger partial charge in [-0.25, -0.2) is 4.68 Å². The lowest BCUT2D eigenvalue weighted by Crippen LogP contribution is -2.41. The van der Waals surface area contributed by atoms with Crippen LogP contribution in [0.5, 0.6) is 0 Å². The fraction of sp³-hybridized carbons (Fsp3) is 0.500. The number of carbonyl (C=O) groups excluding carboxylic acids is 1. The van der Waals surface area contributed by atoms with Crippen molar-refractivity contribution in [3.8, 4) is 5.69 Å². The van der Waals surface area contributed by atoms with Gasteiger partial charge in [0, 0.05) is 13.1 Å². The third-order valence-corrected chi connectivity index (χ3v) is 4.37. The molecule has 1 fully saturated rings. The third-order valence-electron chi connectivity index (χ3n) is 4.37. The van der Waals surface area contributed by atoms with Gasteiger partial charge in [-0.1, -0.05) is 12.1 Å². The van der Waals surface area contributed by atoms with Crippen molar-refractivity contribution in [2.24, 2.45) is 5.92 Å². The number of likely N-dealkylation sites (tertiary alicyclic amines) is 1. The van der Waals surface area contributed by atoms with Crippen molar-refractivity contribution in [1.29, 1.82) is 0 Å². The largest absolute Gasteiger partial charge is 0.342 e. The lowest BCUT2D eigenvalue weighted by molar-refractivity contribution is -0.131. The SMILES string of the molecule is CNCC1CCN(C(=O)Cc2ccc(-n3cnnn3)cc2)CC1. The first-order chi connectivity index (χ1) is 11.3. The molecule has 0 bridgehead atoms. The quantitative estimate of drug-likeness (QED) is 0.877. The van der Waals surface area contributed by atoms with E-state index in [-0.39, 0.29) is 5.91 Å². The molecular formula is C16H22N6O. The van der Waals surface area contributed by atoms with Gasteiger partial charge >= 0.3 is 0 Å². The van der Waals surface area contributed by atoms with Gasteiger partial charge in [-0.3, -0.25) is 4.79 Å². The normalized spacial score (nSPS) is 15.8. The zero-order valence-electron chi connectivity index (χ0n) is 13.4. The van der Waals surface area contributed by atoms with Crippen molar-refractivity contribution in [1.82, 2.24) is 30.4 Å². The summed E-state index contributed by atoms with van der Waals surface area (Å²) >= 11 is 0. The molecule has 23 heavy (non-hydrogen) atoms. The Kier molecular flexibility index (Phi) is 4.97. The first-order valence-electron chi connectivity index (χ1n) is 8.01. The molecule has 2 heterocycles. The fourth-order valence-corrected chi connectivity index (χ4v) is 3.01. The van der Waals surface area contributed by atoms with Crippen LogP contribution in [-0.4, -0.2) is 57.7 Å². The van der Waals surface area contributed by atoms with Crippen LogP contribution in [0.2, 0.25) is 0 Å². The molecule has 0 saturated carbocycles. The van der Waals surface area contributed by atoms with Crippen LogP contribution in [0.15, 0.2) is 30.6 Å². The van der Waals surface area contributed by atoms with Crippen LogP contribution in [0, 0.1) is 5.92 Å². The molecule has 1 amide bonds. The molecule has 1 aliphatic heterocycles. The Balaban J connectivity index is 1.54. The van der Waals surface area contributed by atoms with Crippen molar-refractivity contribution < 1.29 is 4.79 Å². The van der Waals surface area contributed by atoms with Gasteiger partial charge in [0.2, 0.25) is 5.91 Å². The second-order valence-corrected chi connectivity index (χ2v) is 5.98. The van der Waals surface area contributed by atoms with Gasteiger partial charge in [0.25, 0.3) is 0 Å². The topological polar surface area (TPSA) is 75.9 Å². The lowest BCUT2D eigenvalue weighted by atomic mass is 9.96. The molecule has 0 aliphatic carbocycles. The molecule has 2 aromatic rings. The summed E-state index contributed by atoms with van der Waals surface area (Å²) < 4.78 is 1.60. The summed E-state index contributed by atoms with van der Waals surface area (Å²) in [6.45, 7) is 2.78. The number of nitrogens with one attached hydrogen (secondary N) is 1. The number of benzene rings is 1. The standard InChI is InChI=1S/C16H22N6O/c1-17-11-14-6-8-21(9-7-14)16(23)10-13-2-4-15(5-3-13)22-12-18-19-20-22/h2-5,12,14,17H,6-11H2,1H3. The number of carbonyl (C=O) groups is 1. The summed E-state index contributed by atoms with van der Waals surface area (Å²) in [7, 11) is 1.98. The molecule has 1 aliphatic rings. The van der Waals surface area contributed by atoms with Crippen LogP contribution in [0.3, 0.4) is 0 Å². The highest BCUT2D eigenvalue weighted by Gasteiger charge is 2.22. The molecule has 7 nitrogen and oxygen atoms in total. The zero-order chi connectivity index (χ0) is 16.1. The molecule has 1 aromatic heterocycles. The molecule has 1 aromatic carbocycles. The third kappa shape index (κ3) is 3.92.